The molecule has 0 bridgehead atoms. The second-order valence-corrected chi connectivity index (χ2v) is 5.54. The zero-order valence-electron chi connectivity index (χ0n) is 11.1. The van der Waals surface area contributed by atoms with Gasteiger partial charge < -0.3 is 9.63 Å². The molecule has 0 amide bonds. The Labute approximate surface area is 119 Å². The number of nitrogens with zero attached hydrogens (tertiary/aromatic N) is 3. The van der Waals surface area contributed by atoms with Crippen LogP contribution in [0.5, 0.6) is 5.75 Å². The molecule has 0 spiro atoms. The van der Waals surface area contributed by atoms with Crippen LogP contribution in [-0.2, 0) is 6.42 Å². The van der Waals surface area contributed by atoms with Crippen molar-refractivity contribution < 1.29 is 9.63 Å². The third-order valence-electron chi connectivity index (χ3n) is 2.83. The molecule has 0 aliphatic heterocycles. The number of aryl methyl sites for hydroxylation is 2. The van der Waals surface area contributed by atoms with Crippen LogP contribution in [0.2, 0.25) is 0 Å². The first-order valence-electron chi connectivity index (χ1n) is 6.15. The summed E-state index contributed by atoms with van der Waals surface area (Å²) in [6, 6.07) is 5.34. The van der Waals surface area contributed by atoms with E-state index in [0.717, 1.165) is 16.3 Å². The molecule has 0 unspecified atom stereocenters. The van der Waals surface area contributed by atoms with E-state index in [1.54, 1.807) is 23.5 Å². The lowest BCUT2D eigenvalue weighted by Gasteiger charge is -1.99. The average molecular weight is 287 g/mol. The predicted molar refractivity (Wildman–Crippen MR) is 75.8 cm³/mol. The Morgan fingerprint density at radius 3 is 2.80 bits per heavy atom. The average Bonchev–Trinajstić information content (AvgIpc) is 2.99. The Hall–Kier alpha value is -2.21. The summed E-state index contributed by atoms with van der Waals surface area (Å²) >= 11 is 1.57. The summed E-state index contributed by atoms with van der Waals surface area (Å²) in [5.41, 5.74) is 2.51. The highest BCUT2D eigenvalue weighted by Gasteiger charge is 2.14. The fourth-order valence-corrected chi connectivity index (χ4v) is 2.65. The minimum Gasteiger partial charge on any atom is -0.507 e. The molecule has 20 heavy (non-hydrogen) atoms. The highest BCUT2D eigenvalue weighted by Crippen LogP contribution is 2.28. The standard InChI is InChI=1S/C14H13N3O2S/c1-8-3-4-10(11(18)5-8)14-16-12(17-19-14)6-13-15-9(2)7-20-13/h3-5,7,18H,6H2,1-2H3. The van der Waals surface area contributed by atoms with E-state index in [1.165, 1.54) is 0 Å². The van der Waals surface area contributed by atoms with E-state index in [9.17, 15) is 5.11 Å². The molecule has 6 heteroatoms. The van der Waals surface area contributed by atoms with Crippen molar-refractivity contribution in [2.75, 3.05) is 0 Å². The first-order valence-corrected chi connectivity index (χ1v) is 7.03. The lowest BCUT2D eigenvalue weighted by atomic mass is 10.1. The summed E-state index contributed by atoms with van der Waals surface area (Å²) in [4.78, 5) is 8.67. The lowest BCUT2D eigenvalue weighted by molar-refractivity contribution is 0.418. The normalized spacial score (nSPS) is 10.9. The third-order valence-corrected chi connectivity index (χ3v) is 3.79. The molecular formula is C14H13N3O2S. The summed E-state index contributed by atoms with van der Waals surface area (Å²) < 4.78 is 5.21. The molecule has 3 rings (SSSR count). The third kappa shape index (κ3) is 2.55. The van der Waals surface area contributed by atoms with Gasteiger partial charge in [0.1, 0.15) is 10.8 Å². The molecule has 0 aliphatic rings. The molecule has 1 aromatic carbocycles. The zero-order valence-corrected chi connectivity index (χ0v) is 11.9. The molecule has 1 N–H and O–H groups in total. The molecule has 3 aromatic rings. The number of aromatic hydroxyl groups is 1. The SMILES string of the molecule is Cc1ccc(-c2nc(Cc3nc(C)cs3)no2)c(O)c1. The van der Waals surface area contributed by atoms with Gasteiger partial charge in [-0.25, -0.2) is 4.98 Å². The number of hydrogen-bond acceptors (Lipinski definition) is 6. The van der Waals surface area contributed by atoms with E-state index in [1.807, 2.05) is 25.3 Å². The van der Waals surface area contributed by atoms with Crippen LogP contribution < -0.4 is 0 Å². The van der Waals surface area contributed by atoms with Gasteiger partial charge >= 0.3 is 0 Å². The van der Waals surface area contributed by atoms with Crippen LogP contribution in [0.4, 0.5) is 0 Å². The van der Waals surface area contributed by atoms with Crippen LogP contribution in [0, 0.1) is 13.8 Å². The van der Waals surface area contributed by atoms with Crippen LogP contribution in [0.25, 0.3) is 11.5 Å². The number of phenols is 1. The molecule has 2 heterocycles. The number of phenolic OH excluding ortho intramolecular Hbond substituents is 1. The minimum absolute atomic E-state index is 0.144. The van der Waals surface area contributed by atoms with E-state index in [4.69, 9.17) is 4.52 Å². The van der Waals surface area contributed by atoms with Crippen molar-refractivity contribution in [3.63, 3.8) is 0 Å². The smallest absolute Gasteiger partial charge is 0.261 e. The quantitative estimate of drug-likeness (QED) is 0.801. The molecule has 0 atom stereocenters. The fourth-order valence-electron chi connectivity index (χ4n) is 1.88. The number of aromatic nitrogens is 3. The highest BCUT2D eigenvalue weighted by molar-refractivity contribution is 7.09. The first kappa shape index (κ1) is 12.8. The number of benzene rings is 1. The van der Waals surface area contributed by atoms with Crippen molar-refractivity contribution in [2.45, 2.75) is 20.3 Å². The van der Waals surface area contributed by atoms with Gasteiger partial charge in [-0.2, -0.15) is 4.98 Å². The summed E-state index contributed by atoms with van der Waals surface area (Å²) in [5, 5.41) is 16.8. The van der Waals surface area contributed by atoms with Gasteiger partial charge in [-0.1, -0.05) is 11.2 Å². The van der Waals surface area contributed by atoms with Gasteiger partial charge in [0.25, 0.3) is 5.89 Å². The van der Waals surface area contributed by atoms with Crippen molar-refractivity contribution >= 4 is 11.3 Å². The topological polar surface area (TPSA) is 72.0 Å². The molecule has 0 saturated heterocycles. The van der Waals surface area contributed by atoms with Crippen LogP contribution in [0.15, 0.2) is 28.1 Å². The Kier molecular flexibility index (Phi) is 3.23. The van der Waals surface area contributed by atoms with Gasteiger partial charge in [-0.15, -0.1) is 11.3 Å². The van der Waals surface area contributed by atoms with Crippen molar-refractivity contribution in [3.8, 4) is 17.2 Å². The summed E-state index contributed by atoms with van der Waals surface area (Å²) in [5.74, 6) is 1.03. The van der Waals surface area contributed by atoms with E-state index in [0.29, 0.717) is 23.7 Å². The largest absolute Gasteiger partial charge is 0.507 e. The van der Waals surface area contributed by atoms with Crippen LogP contribution in [-0.4, -0.2) is 20.2 Å². The second-order valence-electron chi connectivity index (χ2n) is 4.60. The van der Waals surface area contributed by atoms with Crippen LogP contribution >= 0.6 is 11.3 Å². The predicted octanol–water partition coefficient (Wildman–Crippen LogP) is 3.11. The Balaban J connectivity index is 1.86. The van der Waals surface area contributed by atoms with Crippen molar-refractivity contribution in [1.29, 1.82) is 0 Å². The molecule has 0 aliphatic carbocycles. The van der Waals surface area contributed by atoms with Crippen LogP contribution in [0.1, 0.15) is 22.1 Å². The van der Waals surface area contributed by atoms with Crippen molar-refractivity contribution in [3.05, 3.63) is 45.7 Å². The minimum atomic E-state index is 0.144. The maximum Gasteiger partial charge on any atom is 0.261 e. The second kappa shape index (κ2) is 5.05. The van der Waals surface area contributed by atoms with Gasteiger partial charge in [0.05, 0.1) is 12.0 Å². The Bertz CT molecular complexity index is 748. The van der Waals surface area contributed by atoms with Gasteiger partial charge in [0, 0.05) is 11.1 Å². The molecule has 0 saturated carbocycles. The van der Waals surface area contributed by atoms with Gasteiger partial charge in [0.15, 0.2) is 5.82 Å². The number of thiazole rings is 1. The number of rotatable bonds is 3. The van der Waals surface area contributed by atoms with Crippen LogP contribution in [0.3, 0.4) is 0 Å². The van der Waals surface area contributed by atoms with Crippen molar-refractivity contribution in [2.24, 2.45) is 0 Å². The van der Waals surface area contributed by atoms with Gasteiger partial charge in [-0.3, -0.25) is 0 Å². The summed E-state index contributed by atoms with van der Waals surface area (Å²) in [6.45, 7) is 3.86. The first-order chi connectivity index (χ1) is 9.61. The van der Waals surface area contributed by atoms with E-state index >= 15 is 0 Å². The summed E-state index contributed by atoms with van der Waals surface area (Å²) in [6.07, 6.45) is 0.536. The summed E-state index contributed by atoms with van der Waals surface area (Å²) in [7, 11) is 0. The van der Waals surface area contributed by atoms with E-state index < -0.39 is 0 Å². The zero-order chi connectivity index (χ0) is 14.1. The highest BCUT2D eigenvalue weighted by atomic mass is 32.1. The Morgan fingerprint density at radius 1 is 1.25 bits per heavy atom. The van der Waals surface area contributed by atoms with Crippen molar-refractivity contribution in [1.82, 2.24) is 15.1 Å². The molecular weight excluding hydrogens is 274 g/mol. The maximum absolute atomic E-state index is 9.91. The molecule has 0 fully saturated rings. The molecule has 102 valence electrons. The van der Waals surface area contributed by atoms with Gasteiger partial charge in [-0.05, 0) is 31.5 Å². The number of hydrogen-bond donors (Lipinski definition) is 1. The van der Waals surface area contributed by atoms with E-state index in [-0.39, 0.29) is 5.75 Å². The molecule has 5 nitrogen and oxygen atoms in total. The molecule has 0 radical (unpaired) electrons. The fraction of sp³-hybridized carbons (Fsp3) is 0.214. The molecule has 2 aromatic heterocycles. The monoisotopic (exact) mass is 287 g/mol. The van der Waals surface area contributed by atoms with E-state index in [2.05, 4.69) is 15.1 Å². The Morgan fingerprint density at radius 2 is 2.10 bits per heavy atom. The van der Waals surface area contributed by atoms with Gasteiger partial charge in [0.2, 0.25) is 0 Å². The lowest BCUT2D eigenvalue weighted by Crippen LogP contribution is -1.90. The maximum atomic E-state index is 9.91.